The summed E-state index contributed by atoms with van der Waals surface area (Å²) >= 11 is 0. The number of carbonyl (C=O) groups excluding carboxylic acids is 2. The van der Waals surface area contributed by atoms with Crippen molar-refractivity contribution in [3.63, 3.8) is 0 Å². The van der Waals surface area contributed by atoms with Crippen molar-refractivity contribution in [2.75, 3.05) is 0 Å². The van der Waals surface area contributed by atoms with E-state index in [4.69, 9.17) is 20.0 Å². The van der Waals surface area contributed by atoms with Crippen molar-refractivity contribution < 1.29 is 19.1 Å². The molecule has 0 aromatic rings. The fraction of sp³-hybridized carbons (Fsp3) is 0.667. The van der Waals surface area contributed by atoms with E-state index in [1.54, 1.807) is 0 Å². The molecule has 0 saturated heterocycles. The molecule has 0 heterocycles. The number of hydrogen-bond acceptors (Lipinski definition) is 6. The van der Waals surface area contributed by atoms with E-state index in [1.165, 1.54) is 27.7 Å². The molecule has 0 aliphatic heterocycles. The van der Waals surface area contributed by atoms with E-state index < -0.39 is 23.1 Å². The molecular formula is C12H16N2O4. The molecule has 2 unspecified atom stereocenters. The lowest BCUT2D eigenvalue weighted by atomic mass is 9.93. The molecule has 0 aromatic heterocycles. The van der Waals surface area contributed by atoms with Gasteiger partial charge in [-0.15, -0.1) is 0 Å². The highest BCUT2D eigenvalue weighted by atomic mass is 16.6. The molecule has 0 aliphatic rings. The molecular weight excluding hydrogens is 236 g/mol. The zero-order chi connectivity index (χ0) is 14.4. The second-order valence-electron chi connectivity index (χ2n) is 4.37. The molecule has 0 fully saturated rings. The van der Waals surface area contributed by atoms with Gasteiger partial charge in [0.05, 0.1) is 0 Å². The van der Waals surface area contributed by atoms with Crippen LogP contribution in [0.5, 0.6) is 0 Å². The summed E-state index contributed by atoms with van der Waals surface area (Å²) in [5.41, 5.74) is -2.66. The highest BCUT2D eigenvalue weighted by Crippen LogP contribution is 2.25. The van der Waals surface area contributed by atoms with Crippen LogP contribution < -0.4 is 0 Å². The van der Waals surface area contributed by atoms with Crippen LogP contribution in [0.2, 0.25) is 0 Å². The van der Waals surface area contributed by atoms with Gasteiger partial charge in [-0.25, -0.2) is 0 Å². The number of nitriles is 2. The van der Waals surface area contributed by atoms with Crippen LogP contribution >= 0.6 is 0 Å². The number of carbonyl (C=O) groups is 2. The second kappa shape index (κ2) is 6.02. The van der Waals surface area contributed by atoms with Crippen molar-refractivity contribution in [3.05, 3.63) is 0 Å². The molecule has 0 N–H and O–H groups in total. The molecule has 0 bridgehead atoms. The Balaban J connectivity index is 4.71. The quantitative estimate of drug-likeness (QED) is 0.686. The minimum atomic E-state index is -1.33. The normalized spacial score (nSPS) is 16.3. The lowest BCUT2D eigenvalue weighted by molar-refractivity contribution is -0.156. The van der Waals surface area contributed by atoms with Crippen molar-refractivity contribution in [2.24, 2.45) is 0 Å². The maximum atomic E-state index is 10.9. The predicted octanol–water partition coefficient (Wildman–Crippen LogP) is 1.46. The summed E-state index contributed by atoms with van der Waals surface area (Å²) in [5, 5.41) is 17.9. The van der Waals surface area contributed by atoms with Gasteiger partial charge in [-0.1, -0.05) is 0 Å². The summed E-state index contributed by atoms with van der Waals surface area (Å²) in [4.78, 5) is 21.7. The van der Waals surface area contributed by atoms with E-state index in [1.807, 2.05) is 12.1 Å². The Kier molecular flexibility index (Phi) is 5.32. The van der Waals surface area contributed by atoms with Gasteiger partial charge in [0.1, 0.15) is 12.1 Å². The number of esters is 2. The van der Waals surface area contributed by atoms with Gasteiger partial charge >= 0.3 is 11.9 Å². The first-order chi connectivity index (χ1) is 8.16. The van der Waals surface area contributed by atoms with Crippen molar-refractivity contribution in [1.82, 2.24) is 0 Å². The van der Waals surface area contributed by atoms with E-state index in [0.717, 1.165) is 0 Å². The van der Waals surface area contributed by atoms with Crippen molar-refractivity contribution in [2.45, 2.75) is 51.7 Å². The average molecular weight is 252 g/mol. The van der Waals surface area contributed by atoms with E-state index in [9.17, 15) is 9.59 Å². The van der Waals surface area contributed by atoms with E-state index in [2.05, 4.69) is 0 Å². The summed E-state index contributed by atoms with van der Waals surface area (Å²) < 4.78 is 9.76. The Bertz CT molecular complexity index is 381. The first-order valence-electron chi connectivity index (χ1n) is 5.38. The average Bonchev–Trinajstić information content (AvgIpc) is 2.25. The van der Waals surface area contributed by atoms with Gasteiger partial charge < -0.3 is 9.47 Å². The lowest BCUT2D eigenvalue weighted by Crippen LogP contribution is -2.35. The van der Waals surface area contributed by atoms with Crippen LogP contribution in [0.15, 0.2) is 0 Å². The summed E-state index contributed by atoms with van der Waals surface area (Å²) in [6.07, 6.45) is 0.195. The van der Waals surface area contributed by atoms with Crippen LogP contribution in [-0.2, 0) is 19.1 Å². The number of hydrogen-bond donors (Lipinski definition) is 0. The highest BCUT2D eigenvalue weighted by Gasteiger charge is 2.34. The molecule has 0 aromatic carbocycles. The third-order valence-corrected chi connectivity index (χ3v) is 2.29. The number of nitrogens with zero attached hydrogens (tertiary/aromatic N) is 2. The van der Waals surface area contributed by atoms with E-state index in [0.29, 0.717) is 0 Å². The largest absolute Gasteiger partial charge is 0.444 e. The molecule has 98 valence electrons. The predicted molar refractivity (Wildman–Crippen MR) is 60.8 cm³/mol. The van der Waals surface area contributed by atoms with Crippen LogP contribution in [0.1, 0.15) is 40.5 Å². The molecule has 0 amide bonds. The third-order valence-electron chi connectivity index (χ3n) is 2.29. The fourth-order valence-corrected chi connectivity index (χ4v) is 1.37. The standard InChI is InChI=1S/C12H16N2O4/c1-9(15)17-11(3,7-13)5-6-12(4,8-14)18-10(2)16/h5-6H2,1-4H3. The Morgan fingerprint density at radius 1 is 0.944 bits per heavy atom. The minimum Gasteiger partial charge on any atom is -0.444 e. The molecule has 0 spiro atoms. The topological polar surface area (TPSA) is 100 Å². The molecule has 0 radical (unpaired) electrons. The van der Waals surface area contributed by atoms with Gasteiger partial charge in [-0.2, -0.15) is 10.5 Å². The fourth-order valence-electron chi connectivity index (χ4n) is 1.37. The lowest BCUT2D eigenvalue weighted by Gasteiger charge is -2.26. The zero-order valence-electron chi connectivity index (χ0n) is 10.9. The maximum Gasteiger partial charge on any atom is 0.304 e. The Hall–Kier alpha value is -2.08. The SMILES string of the molecule is CC(=O)OC(C)(C#N)CCC(C)(C#N)OC(C)=O. The van der Waals surface area contributed by atoms with Crippen molar-refractivity contribution >= 4 is 11.9 Å². The molecule has 0 aliphatic carbocycles. The van der Waals surface area contributed by atoms with Crippen LogP contribution in [0.25, 0.3) is 0 Å². The summed E-state index contributed by atoms with van der Waals surface area (Å²) in [6, 6.07) is 3.73. The Morgan fingerprint density at radius 3 is 1.39 bits per heavy atom. The van der Waals surface area contributed by atoms with Gasteiger partial charge in [0.2, 0.25) is 0 Å². The molecule has 18 heavy (non-hydrogen) atoms. The Labute approximate surface area is 106 Å². The monoisotopic (exact) mass is 252 g/mol. The van der Waals surface area contributed by atoms with Gasteiger partial charge in [-0.3, -0.25) is 9.59 Å². The smallest absolute Gasteiger partial charge is 0.304 e. The van der Waals surface area contributed by atoms with E-state index >= 15 is 0 Å². The third kappa shape index (κ3) is 5.31. The molecule has 6 heteroatoms. The van der Waals surface area contributed by atoms with Crippen LogP contribution in [0.4, 0.5) is 0 Å². The van der Waals surface area contributed by atoms with Crippen LogP contribution in [0, 0.1) is 22.7 Å². The highest BCUT2D eigenvalue weighted by molar-refractivity contribution is 5.67. The summed E-state index contributed by atoms with van der Waals surface area (Å²) in [5.74, 6) is -1.16. The van der Waals surface area contributed by atoms with Crippen molar-refractivity contribution in [1.29, 1.82) is 10.5 Å². The van der Waals surface area contributed by atoms with Gasteiger partial charge in [0.15, 0.2) is 11.2 Å². The molecule has 6 nitrogen and oxygen atoms in total. The molecule has 0 saturated carbocycles. The summed E-state index contributed by atoms with van der Waals surface area (Å²) in [7, 11) is 0. The minimum absolute atomic E-state index is 0.0976. The zero-order valence-corrected chi connectivity index (χ0v) is 10.9. The molecule has 0 rings (SSSR count). The van der Waals surface area contributed by atoms with Gasteiger partial charge in [-0.05, 0) is 13.8 Å². The Morgan fingerprint density at radius 2 is 1.22 bits per heavy atom. The van der Waals surface area contributed by atoms with Gasteiger partial charge in [0.25, 0.3) is 0 Å². The number of ether oxygens (including phenoxy) is 2. The first-order valence-corrected chi connectivity index (χ1v) is 5.38. The number of rotatable bonds is 5. The summed E-state index contributed by atoms with van der Waals surface area (Å²) in [6.45, 7) is 5.29. The van der Waals surface area contributed by atoms with Crippen molar-refractivity contribution in [3.8, 4) is 12.1 Å². The van der Waals surface area contributed by atoms with Crippen LogP contribution in [-0.4, -0.2) is 23.1 Å². The second-order valence-corrected chi connectivity index (χ2v) is 4.37. The van der Waals surface area contributed by atoms with E-state index in [-0.39, 0.29) is 12.8 Å². The van der Waals surface area contributed by atoms with Crippen LogP contribution in [0.3, 0.4) is 0 Å². The maximum absolute atomic E-state index is 10.9. The molecule has 2 atom stereocenters. The first kappa shape index (κ1) is 15.9. The van der Waals surface area contributed by atoms with Gasteiger partial charge in [0, 0.05) is 26.7 Å².